The van der Waals surface area contributed by atoms with E-state index >= 15 is 0 Å². The van der Waals surface area contributed by atoms with E-state index in [4.69, 9.17) is 5.11 Å². The number of carbonyl (C=O) groups excluding carboxylic acids is 1. The fourth-order valence-electron chi connectivity index (χ4n) is 1.30. The molecule has 3 N–H and O–H groups in total. The predicted octanol–water partition coefficient (Wildman–Crippen LogP) is 1.52. The van der Waals surface area contributed by atoms with Crippen LogP contribution < -0.4 is 5.32 Å². The van der Waals surface area contributed by atoms with Gasteiger partial charge in [-0.3, -0.25) is 9.89 Å². The van der Waals surface area contributed by atoms with E-state index < -0.39 is 11.9 Å². The molecule has 18 heavy (non-hydrogen) atoms. The number of aromatic carboxylic acids is 1. The molecule has 1 aromatic heterocycles. The summed E-state index contributed by atoms with van der Waals surface area (Å²) in [7, 11) is 0. The van der Waals surface area contributed by atoms with Gasteiger partial charge in [-0.15, -0.1) is 0 Å². The lowest BCUT2D eigenvalue weighted by Crippen LogP contribution is -2.16. The molecule has 8 heteroatoms. The Bertz CT molecular complexity index is 597. The molecule has 1 aromatic carbocycles. The summed E-state index contributed by atoms with van der Waals surface area (Å²) in [5.41, 5.74) is 0.171. The van der Waals surface area contributed by atoms with Crippen LogP contribution in [0, 0.1) is 0 Å². The van der Waals surface area contributed by atoms with Gasteiger partial charge in [-0.2, -0.15) is 5.10 Å². The summed E-state index contributed by atoms with van der Waals surface area (Å²) < 4.78 is 0.653. The molecule has 0 unspecified atom stereocenters. The lowest BCUT2D eigenvalue weighted by atomic mass is 10.2. The molecule has 7 nitrogen and oxygen atoms in total. The zero-order valence-corrected chi connectivity index (χ0v) is 10.4. The van der Waals surface area contributed by atoms with Crippen LogP contribution in [0.15, 0.2) is 29.0 Å². The first kappa shape index (κ1) is 12.2. The zero-order chi connectivity index (χ0) is 13.1. The van der Waals surface area contributed by atoms with Gasteiger partial charge in [-0.25, -0.2) is 9.78 Å². The van der Waals surface area contributed by atoms with Crippen molar-refractivity contribution >= 4 is 33.5 Å². The molecule has 0 fully saturated rings. The number of anilines is 1. The van der Waals surface area contributed by atoms with Crippen molar-refractivity contribution in [2.24, 2.45) is 0 Å². The minimum atomic E-state index is -1.13. The number of carbonyl (C=O) groups is 2. The fourth-order valence-corrected chi connectivity index (χ4v) is 1.66. The van der Waals surface area contributed by atoms with Gasteiger partial charge >= 0.3 is 5.97 Å². The second-order valence-electron chi connectivity index (χ2n) is 3.28. The molecule has 1 heterocycles. The topological polar surface area (TPSA) is 108 Å². The Labute approximate surface area is 109 Å². The van der Waals surface area contributed by atoms with E-state index in [1.54, 1.807) is 6.07 Å². The van der Waals surface area contributed by atoms with E-state index in [1.165, 1.54) is 18.5 Å². The first-order valence-corrected chi connectivity index (χ1v) is 5.57. The number of hydrogen-bond acceptors (Lipinski definition) is 4. The number of nitrogens with zero attached hydrogens (tertiary/aromatic N) is 2. The maximum atomic E-state index is 11.7. The number of rotatable bonds is 3. The first-order valence-electron chi connectivity index (χ1n) is 4.77. The number of carboxylic acids is 1. The van der Waals surface area contributed by atoms with Crippen molar-refractivity contribution in [2.75, 3.05) is 5.32 Å². The second kappa shape index (κ2) is 4.96. The molecular formula is C10H7BrN4O3. The molecular weight excluding hydrogens is 304 g/mol. The highest BCUT2D eigenvalue weighted by Crippen LogP contribution is 2.21. The normalized spacial score (nSPS) is 10.1. The van der Waals surface area contributed by atoms with Gasteiger partial charge in [0.2, 0.25) is 5.82 Å². The molecule has 0 aliphatic heterocycles. The lowest BCUT2D eigenvalue weighted by molar-refractivity contribution is 0.0698. The van der Waals surface area contributed by atoms with E-state index in [-0.39, 0.29) is 17.1 Å². The molecule has 2 rings (SSSR count). The molecule has 0 spiro atoms. The number of amides is 1. The van der Waals surface area contributed by atoms with E-state index in [0.29, 0.717) is 4.47 Å². The Hall–Kier alpha value is -2.22. The van der Waals surface area contributed by atoms with Crippen LogP contribution in [-0.4, -0.2) is 32.2 Å². The number of H-pyrrole nitrogens is 1. The van der Waals surface area contributed by atoms with Gasteiger partial charge < -0.3 is 10.4 Å². The van der Waals surface area contributed by atoms with Crippen LogP contribution in [0.5, 0.6) is 0 Å². The van der Waals surface area contributed by atoms with Crippen molar-refractivity contribution in [1.29, 1.82) is 0 Å². The second-order valence-corrected chi connectivity index (χ2v) is 4.20. The fraction of sp³-hybridized carbons (Fsp3) is 0. The lowest BCUT2D eigenvalue weighted by Gasteiger charge is -2.07. The smallest absolute Gasteiger partial charge is 0.337 e. The zero-order valence-electron chi connectivity index (χ0n) is 8.85. The molecule has 1 amide bonds. The third-order valence-corrected chi connectivity index (χ3v) is 2.58. The van der Waals surface area contributed by atoms with Gasteiger partial charge in [0.1, 0.15) is 6.33 Å². The highest BCUT2D eigenvalue weighted by atomic mass is 79.9. The van der Waals surface area contributed by atoms with Crippen LogP contribution >= 0.6 is 15.9 Å². The summed E-state index contributed by atoms with van der Waals surface area (Å²) >= 11 is 3.20. The van der Waals surface area contributed by atoms with Crippen LogP contribution in [0.1, 0.15) is 21.0 Å². The Kier molecular flexibility index (Phi) is 3.38. The summed E-state index contributed by atoms with van der Waals surface area (Å²) in [5.74, 6) is -1.69. The molecule has 0 saturated carbocycles. The summed E-state index contributed by atoms with van der Waals surface area (Å²) in [6.45, 7) is 0. The summed E-state index contributed by atoms with van der Waals surface area (Å²) in [5, 5.41) is 17.4. The molecule has 0 saturated heterocycles. The number of aromatic nitrogens is 3. The first-order chi connectivity index (χ1) is 8.58. The Balaban J connectivity index is 2.31. The molecule has 0 atom stereocenters. The standard InChI is InChI=1S/C10H7BrN4O3/c11-5-1-2-6(10(17)18)7(3-5)14-9(16)8-12-4-13-15-8/h1-4H,(H,14,16)(H,17,18)(H,12,13,15). The number of halogens is 1. The minimum absolute atomic E-state index is 0.00585. The van der Waals surface area contributed by atoms with E-state index in [0.717, 1.165) is 0 Å². The van der Waals surface area contributed by atoms with Gasteiger partial charge in [0.05, 0.1) is 11.3 Å². The SMILES string of the molecule is O=C(Nc1cc(Br)ccc1C(=O)O)c1ncn[nH]1. The average Bonchev–Trinajstić information content (AvgIpc) is 2.81. The van der Waals surface area contributed by atoms with Crippen LogP contribution in [0.25, 0.3) is 0 Å². The van der Waals surface area contributed by atoms with Crippen molar-refractivity contribution in [2.45, 2.75) is 0 Å². The highest BCUT2D eigenvalue weighted by Gasteiger charge is 2.15. The largest absolute Gasteiger partial charge is 0.478 e. The molecule has 0 aliphatic carbocycles. The van der Waals surface area contributed by atoms with Gasteiger partial charge in [0.25, 0.3) is 5.91 Å². The predicted molar refractivity (Wildman–Crippen MR) is 65.4 cm³/mol. The molecule has 92 valence electrons. The number of carboxylic acid groups (broad SMARTS) is 1. The molecule has 0 radical (unpaired) electrons. The summed E-state index contributed by atoms with van der Waals surface area (Å²) in [4.78, 5) is 26.4. The molecule has 0 bridgehead atoms. The maximum absolute atomic E-state index is 11.7. The van der Waals surface area contributed by atoms with Crippen LogP contribution in [0.3, 0.4) is 0 Å². The number of hydrogen-bond donors (Lipinski definition) is 3. The van der Waals surface area contributed by atoms with Crippen LogP contribution in [0.2, 0.25) is 0 Å². The monoisotopic (exact) mass is 310 g/mol. The number of aromatic amines is 1. The molecule has 0 aliphatic rings. The maximum Gasteiger partial charge on any atom is 0.337 e. The van der Waals surface area contributed by atoms with Gasteiger partial charge in [-0.05, 0) is 18.2 Å². The van der Waals surface area contributed by atoms with Crippen molar-refractivity contribution in [3.05, 3.63) is 40.4 Å². The third-order valence-electron chi connectivity index (χ3n) is 2.09. The van der Waals surface area contributed by atoms with Crippen molar-refractivity contribution in [3.63, 3.8) is 0 Å². The van der Waals surface area contributed by atoms with Gasteiger partial charge in [0, 0.05) is 4.47 Å². The van der Waals surface area contributed by atoms with Crippen LogP contribution in [0.4, 0.5) is 5.69 Å². The summed E-state index contributed by atoms with van der Waals surface area (Å²) in [6, 6.07) is 4.47. The van der Waals surface area contributed by atoms with E-state index in [2.05, 4.69) is 36.4 Å². The Morgan fingerprint density at radius 3 is 2.78 bits per heavy atom. The summed E-state index contributed by atoms with van der Waals surface area (Å²) in [6.07, 6.45) is 1.19. The third kappa shape index (κ3) is 2.54. The van der Waals surface area contributed by atoms with Crippen LogP contribution in [-0.2, 0) is 0 Å². The van der Waals surface area contributed by atoms with E-state index in [9.17, 15) is 9.59 Å². The van der Waals surface area contributed by atoms with Crippen molar-refractivity contribution in [3.8, 4) is 0 Å². The quantitative estimate of drug-likeness (QED) is 0.796. The van der Waals surface area contributed by atoms with Crippen molar-refractivity contribution in [1.82, 2.24) is 15.2 Å². The minimum Gasteiger partial charge on any atom is -0.478 e. The average molecular weight is 311 g/mol. The molecule has 2 aromatic rings. The van der Waals surface area contributed by atoms with Gasteiger partial charge in [0.15, 0.2) is 0 Å². The number of nitrogens with one attached hydrogen (secondary N) is 2. The number of benzene rings is 1. The highest BCUT2D eigenvalue weighted by molar-refractivity contribution is 9.10. The van der Waals surface area contributed by atoms with Gasteiger partial charge in [-0.1, -0.05) is 15.9 Å². The van der Waals surface area contributed by atoms with Crippen molar-refractivity contribution < 1.29 is 14.7 Å². The Morgan fingerprint density at radius 1 is 1.39 bits per heavy atom. The van der Waals surface area contributed by atoms with E-state index in [1.807, 2.05) is 0 Å². The Morgan fingerprint density at radius 2 is 2.17 bits per heavy atom.